The maximum Gasteiger partial charge on any atom is 0.335 e. The van der Waals surface area contributed by atoms with Gasteiger partial charge in [-0.1, -0.05) is 0 Å². The van der Waals surface area contributed by atoms with Crippen LogP contribution in [-0.2, 0) is 0 Å². The van der Waals surface area contributed by atoms with Crippen molar-refractivity contribution in [2.24, 2.45) is 0 Å². The molecule has 0 amide bonds. The number of benzene rings is 1. The fraction of sp³-hybridized carbons (Fsp3) is 0.154. The standard InChI is InChI=1S/C13H12N2O4/c1-18-11-5-8(12(16)17)3-4-10(11)9-6-14-13(19-2)15-7-9/h3-7H,1-2H3,(H,16,17). The van der Waals surface area contributed by atoms with E-state index in [-0.39, 0.29) is 11.6 Å². The molecule has 2 aromatic rings. The van der Waals surface area contributed by atoms with Crippen LogP contribution in [0.15, 0.2) is 30.6 Å². The Kier molecular flexibility index (Phi) is 3.61. The van der Waals surface area contributed by atoms with E-state index in [1.54, 1.807) is 18.5 Å². The van der Waals surface area contributed by atoms with E-state index in [2.05, 4.69) is 9.97 Å². The van der Waals surface area contributed by atoms with Crippen molar-refractivity contribution < 1.29 is 19.4 Å². The number of carboxylic acid groups (broad SMARTS) is 1. The Balaban J connectivity index is 2.45. The zero-order valence-corrected chi connectivity index (χ0v) is 10.5. The van der Waals surface area contributed by atoms with Crippen LogP contribution in [0.5, 0.6) is 11.8 Å². The quantitative estimate of drug-likeness (QED) is 0.903. The number of aromatic carboxylic acids is 1. The van der Waals surface area contributed by atoms with E-state index in [1.807, 2.05) is 0 Å². The van der Waals surface area contributed by atoms with Gasteiger partial charge in [-0.15, -0.1) is 0 Å². The molecule has 1 aromatic carbocycles. The van der Waals surface area contributed by atoms with Gasteiger partial charge in [0.15, 0.2) is 0 Å². The van der Waals surface area contributed by atoms with Gasteiger partial charge >= 0.3 is 12.0 Å². The Labute approximate surface area is 109 Å². The topological polar surface area (TPSA) is 81.5 Å². The lowest BCUT2D eigenvalue weighted by atomic mass is 10.1. The first-order chi connectivity index (χ1) is 9.15. The van der Waals surface area contributed by atoms with E-state index in [0.717, 1.165) is 11.1 Å². The number of rotatable bonds is 4. The number of aromatic nitrogens is 2. The Bertz CT molecular complexity index is 596. The van der Waals surface area contributed by atoms with Gasteiger partial charge in [-0.05, 0) is 18.2 Å². The molecule has 1 aromatic heterocycles. The van der Waals surface area contributed by atoms with E-state index in [1.165, 1.54) is 26.4 Å². The van der Waals surface area contributed by atoms with E-state index < -0.39 is 5.97 Å². The van der Waals surface area contributed by atoms with Crippen LogP contribution >= 0.6 is 0 Å². The van der Waals surface area contributed by atoms with Crippen molar-refractivity contribution in [3.63, 3.8) is 0 Å². The fourth-order valence-electron chi connectivity index (χ4n) is 1.62. The smallest absolute Gasteiger partial charge is 0.335 e. The fourth-order valence-corrected chi connectivity index (χ4v) is 1.62. The number of hydrogen-bond acceptors (Lipinski definition) is 5. The molecule has 0 spiro atoms. The van der Waals surface area contributed by atoms with Crippen LogP contribution in [-0.4, -0.2) is 35.3 Å². The molecule has 0 aliphatic heterocycles. The minimum absolute atomic E-state index is 0.162. The first-order valence-electron chi connectivity index (χ1n) is 5.43. The van der Waals surface area contributed by atoms with Crippen LogP contribution in [0.1, 0.15) is 10.4 Å². The predicted molar refractivity (Wildman–Crippen MR) is 67.5 cm³/mol. The molecule has 1 N–H and O–H groups in total. The van der Waals surface area contributed by atoms with Gasteiger partial charge in [-0.25, -0.2) is 14.8 Å². The maximum absolute atomic E-state index is 10.9. The Hall–Kier alpha value is -2.63. The van der Waals surface area contributed by atoms with Gasteiger partial charge in [0.1, 0.15) is 5.75 Å². The summed E-state index contributed by atoms with van der Waals surface area (Å²) in [7, 11) is 2.96. The number of hydrogen-bond donors (Lipinski definition) is 1. The number of carbonyl (C=O) groups is 1. The van der Waals surface area contributed by atoms with Crippen LogP contribution in [0.2, 0.25) is 0 Å². The molecule has 2 rings (SSSR count). The van der Waals surface area contributed by atoms with Gasteiger partial charge in [-0.3, -0.25) is 0 Å². The molecule has 0 bridgehead atoms. The molecule has 0 atom stereocenters. The molecule has 0 saturated heterocycles. The average molecular weight is 260 g/mol. The normalized spacial score (nSPS) is 10.0. The first kappa shape index (κ1) is 12.8. The molecular formula is C13H12N2O4. The third-order valence-electron chi connectivity index (χ3n) is 2.57. The number of ether oxygens (including phenoxy) is 2. The van der Waals surface area contributed by atoms with Gasteiger partial charge in [0.05, 0.1) is 19.8 Å². The van der Waals surface area contributed by atoms with Crippen molar-refractivity contribution in [2.75, 3.05) is 14.2 Å². The van der Waals surface area contributed by atoms with Crippen molar-refractivity contribution >= 4 is 5.97 Å². The molecule has 0 radical (unpaired) electrons. The molecule has 0 fully saturated rings. The third-order valence-corrected chi connectivity index (χ3v) is 2.57. The van der Waals surface area contributed by atoms with E-state index >= 15 is 0 Å². The van der Waals surface area contributed by atoms with Crippen molar-refractivity contribution in [3.8, 4) is 22.9 Å². The summed E-state index contributed by atoms with van der Waals surface area (Å²) in [6.45, 7) is 0. The summed E-state index contributed by atoms with van der Waals surface area (Å²) in [5.41, 5.74) is 1.60. The lowest BCUT2D eigenvalue weighted by Gasteiger charge is -2.09. The molecule has 1 heterocycles. The first-order valence-corrected chi connectivity index (χ1v) is 5.43. The van der Waals surface area contributed by atoms with Crippen molar-refractivity contribution in [1.82, 2.24) is 9.97 Å². The van der Waals surface area contributed by atoms with Crippen molar-refractivity contribution in [3.05, 3.63) is 36.2 Å². The largest absolute Gasteiger partial charge is 0.496 e. The predicted octanol–water partition coefficient (Wildman–Crippen LogP) is 1.86. The molecule has 98 valence electrons. The second kappa shape index (κ2) is 5.34. The summed E-state index contributed by atoms with van der Waals surface area (Å²) in [5.74, 6) is -0.551. The molecule has 6 nitrogen and oxygen atoms in total. The SMILES string of the molecule is COc1ncc(-c2ccc(C(=O)O)cc2OC)cn1. The Morgan fingerprint density at radius 1 is 1.16 bits per heavy atom. The molecule has 0 aliphatic rings. The van der Waals surface area contributed by atoms with E-state index in [4.69, 9.17) is 14.6 Å². The van der Waals surface area contributed by atoms with Crippen LogP contribution in [0.4, 0.5) is 0 Å². The van der Waals surface area contributed by atoms with Gasteiger partial charge in [0.2, 0.25) is 0 Å². The van der Waals surface area contributed by atoms with Crippen molar-refractivity contribution in [2.45, 2.75) is 0 Å². The number of nitrogens with zero attached hydrogens (tertiary/aromatic N) is 2. The number of carboxylic acids is 1. The lowest BCUT2D eigenvalue weighted by molar-refractivity contribution is 0.0696. The highest BCUT2D eigenvalue weighted by atomic mass is 16.5. The highest BCUT2D eigenvalue weighted by Gasteiger charge is 2.11. The minimum atomic E-state index is -1.00. The van der Waals surface area contributed by atoms with Gasteiger partial charge in [0, 0.05) is 23.5 Å². The van der Waals surface area contributed by atoms with Crippen molar-refractivity contribution in [1.29, 1.82) is 0 Å². The highest BCUT2D eigenvalue weighted by Crippen LogP contribution is 2.30. The summed E-state index contributed by atoms with van der Waals surface area (Å²) in [4.78, 5) is 18.9. The molecule has 0 unspecified atom stereocenters. The second-order valence-corrected chi connectivity index (χ2v) is 3.68. The summed E-state index contributed by atoms with van der Waals surface area (Å²) in [6, 6.07) is 4.89. The molecule has 0 aliphatic carbocycles. The van der Waals surface area contributed by atoms with E-state index in [9.17, 15) is 4.79 Å². The molecule has 0 saturated carbocycles. The summed E-state index contributed by atoms with van der Waals surface area (Å²) < 4.78 is 10.1. The van der Waals surface area contributed by atoms with Crippen LogP contribution in [0.25, 0.3) is 11.1 Å². The highest BCUT2D eigenvalue weighted by molar-refractivity contribution is 5.89. The Morgan fingerprint density at radius 2 is 1.84 bits per heavy atom. The molecular weight excluding hydrogens is 248 g/mol. The minimum Gasteiger partial charge on any atom is -0.496 e. The van der Waals surface area contributed by atoms with Crippen LogP contribution in [0, 0.1) is 0 Å². The van der Waals surface area contributed by atoms with Gasteiger partial charge in [-0.2, -0.15) is 0 Å². The zero-order valence-electron chi connectivity index (χ0n) is 10.5. The third kappa shape index (κ3) is 2.62. The van der Waals surface area contributed by atoms with Gasteiger partial charge in [0.25, 0.3) is 0 Å². The summed E-state index contributed by atoms with van der Waals surface area (Å²) in [5, 5.41) is 8.94. The van der Waals surface area contributed by atoms with Crippen LogP contribution < -0.4 is 9.47 Å². The monoisotopic (exact) mass is 260 g/mol. The van der Waals surface area contributed by atoms with Gasteiger partial charge < -0.3 is 14.6 Å². The maximum atomic E-state index is 10.9. The van der Waals surface area contributed by atoms with Crippen LogP contribution in [0.3, 0.4) is 0 Å². The summed E-state index contributed by atoms with van der Waals surface area (Å²) in [6.07, 6.45) is 3.17. The van der Waals surface area contributed by atoms with E-state index in [0.29, 0.717) is 5.75 Å². The zero-order chi connectivity index (χ0) is 13.8. The Morgan fingerprint density at radius 3 is 2.37 bits per heavy atom. The second-order valence-electron chi connectivity index (χ2n) is 3.68. The number of methoxy groups -OCH3 is 2. The molecule has 19 heavy (non-hydrogen) atoms. The average Bonchev–Trinajstić information content (AvgIpc) is 2.46. The lowest BCUT2D eigenvalue weighted by Crippen LogP contribution is -1.98. The summed E-state index contributed by atoms with van der Waals surface area (Å²) >= 11 is 0. The molecule has 6 heteroatoms.